The number of hydrogen-bond acceptors (Lipinski definition) is 5. The van der Waals surface area contributed by atoms with Crippen LogP contribution in [0.25, 0.3) is 5.65 Å². The highest BCUT2D eigenvalue weighted by Crippen LogP contribution is 2.21. The van der Waals surface area contributed by atoms with Gasteiger partial charge in [0.25, 0.3) is 0 Å². The SMILES string of the molecule is CCNC(=NCc1ccc(C)cc1OCCOCC)NCCCc1nnc2ccccn12.I. The molecule has 0 aliphatic carbocycles. The highest BCUT2D eigenvalue weighted by atomic mass is 127. The van der Waals surface area contributed by atoms with E-state index in [1.165, 1.54) is 0 Å². The van der Waals surface area contributed by atoms with Crippen LogP contribution in [0.15, 0.2) is 47.6 Å². The van der Waals surface area contributed by atoms with Gasteiger partial charge >= 0.3 is 0 Å². The summed E-state index contributed by atoms with van der Waals surface area (Å²) in [5.41, 5.74) is 3.09. The molecule has 0 unspecified atom stereocenters. The number of benzene rings is 1. The summed E-state index contributed by atoms with van der Waals surface area (Å²) in [7, 11) is 0. The number of aliphatic imine (C=N–C) groups is 1. The lowest BCUT2D eigenvalue weighted by molar-refractivity contribution is 0.110. The Labute approximate surface area is 213 Å². The van der Waals surface area contributed by atoms with Crippen molar-refractivity contribution in [3.8, 4) is 5.75 Å². The van der Waals surface area contributed by atoms with Crippen LogP contribution in [-0.4, -0.2) is 53.5 Å². The number of guanidine groups is 1. The van der Waals surface area contributed by atoms with Crippen molar-refractivity contribution < 1.29 is 9.47 Å². The number of pyridine rings is 1. The van der Waals surface area contributed by atoms with Gasteiger partial charge in [-0.3, -0.25) is 4.40 Å². The molecule has 1 aromatic carbocycles. The van der Waals surface area contributed by atoms with Crippen LogP contribution in [0.4, 0.5) is 0 Å². The van der Waals surface area contributed by atoms with E-state index in [1.54, 1.807) is 0 Å². The van der Waals surface area contributed by atoms with E-state index in [2.05, 4.69) is 52.9 Å². The minimum Gasteiger partial charge on any atom is -0.491 e. The number of nitrogens with one attached hydrogen (secondary N) is 2. The van der Waals surface area contributed by atoms with Gasteiger partial charge in [-0.1, -0.05) is 18.2 Å². The van der Waals surface area contributed by atoms with E-state index >= 15 is 0 Å². The summed E-state index contributed by atoms with van der Waals surface area (Å²) < 4.78 is 13.3. The van der Waals surface area contributed by atoms with E-state index in [0.717, 1.165) is 60.2 Å². The van der Waals surface area contributed by atoms with Gasteiger partial charge < -0.3 is 20.1 Å². The Morgan fingerprint density at radius 1 is 1.09 bits per heavy atom. The number of ether oxygens (including phenoxy) is 2. The Balaban J connectivity index is 0.00000385. The van der Waals surface area contributed by atoms with Crippen molar-refractivity contribution in [2.75, 3.05) is 32.9 Å². The lowest BCUT2D eigenvalue weighted by Crippen LogP contribution is -2.37. The maximum absolute atomic E-state index is 5.94. The topological polar surface area (TPSA) is 85.1 Å². The van der Waals surface area contributed by atoms with Crippen molar-refractivity contribution in [2.24, 2.45) is 4.99 Å². The van der Waals surface area contributed by atoms with E-state index in [9.17, 15) is 0 Å². The third-order valence-electron chi connectivity index (χ3n) is 4.92. The maximum Gasteiger partial charge on any atom is 0.191 e. The largest absolute Gasteiger partial charge is 0.491 e. The van der Waals surface area contributed by atoms with Gasteiger partial charge in [-0.2, -0.15) is 0 Å². The van der Waals surface area contributed by atoms with Crippen molar-refractivity contribution in [3.05, 3.63) is 59.5 Å². The molecular formula is C24H35IN6O2. The van der Waals surface area contributed by atoms with Crippen LogP contribution in [0, 0.1) is 6.92 Å². The van der Waals surface area contributed by atoms with Crippen LogP contribution < -0.4 is 15.4 Å². The summed E-state index contributed by atoms with van der Waals surface area (Å²) in [4.78, 5) is 4.75. The molecule has 2 aromatic heterocycles. The molecular weight excluding hydrogens is 531 g/mol. The molecule has 33 heavy (non-hydrogen) atoms. The summed E-state index contributed by atoms with van der Waals surface area (Å²) in [6, 6.07) is 12.1. The van der Waals surface area contributed by atoms with Crippen molar-refractivity contribution >= 4 is 35.6 Å². The Hall–Kier alpha value is -2.40. The van der Waals surface area contributed by atoms with Crippen molar-refractivity contribution in [2.45, 2.75) is 40.2 Å². The first-order valence-electron chi connectivity index (χ1n) is 11.3. The van der Waals surface area contributed by atoms with Crippen LogP contribution in [0.3, 0.4) is 0 Å². The minimum absolute atomic E-state index is 0. The van der Waals surface area contributed by atoms with E-state index < -0.39 is 0 Å². The summed E-state index contributed by atoms with van der Waals surface area (Å²) in [5.74, 6) is 2.63. The Morgan fingerprint density at radius 3 is 2.79 bits per heavy atom. The Kier molecular flexibility index (Phi) is 12.0. The third kappa shape index (κ3) is 8.47. The van der Waals surface area contributed by atoms with Gasteiger partial charge in [-0.25, -0.2) is 4.99 Å². The molecule has 0 saturated carbocycles. The smallest absolute Gasteiger partial charge is 0.191 e. The van der Waals surface area contributed by atoms with Crippen LogP contribution >= 0.6 is 24.0 Å². The molecule has 0 aliphatic heterocycles. The standard InChI is InChI=1S/C24H34N6O2.HI/c1-4-25-24(26-13-8-10-23-29-28-22-9-6-7-14-30(22)23)27-18-20-12-11-19(3)17-21(20)32-16-15-31-5-2;/h6-7,9,11-12,14,17H,4-5,8,10,13,15-16,18H2,1-3H3,(H2,25,26,27);1H. The van der Waals surface area contributed by atoms with Crippen molar-refractivity contribution in [1.29, 1.82) is 0 Å². The zero-order valence-corrected chi connectivity index (χ0v) is 22.0. The molecule has 0 aliphatic rings. The zero-order valence-electron chi connectivity index (χ0n) is 19.7. The number of aryl methyl sites for hydroxylation is 2. The van der Waals surface area contributed by atoms with Gasteiger partial charge in [0.1, 0.15) is 18.2 Å². The predicted molar refractivity (Wildman–Crippen MR) is 143 cm³/mol. The second-order valence-electron chi connectivity index (χ2n) is 7.43. The highest BCUT2D eigenvalue weighted by molar-refractivity contribution is 14.0. The molecule has 0 bridgehead atoms. The van der Waals surface area contributed by atoms with E-state index in [4.69, 9.17) is 14.5 Å². The predicted octanol–water partition coefficient (Wildman–Crippen LogP) is 3.76. The molecule has 0 radical (unpaired) electrons. The molecule has 2 heterocycles. The van der Waals surface area contributed by atoms with Crippen LogP contribution in [0.1, 0.15) is 37.2 Å². The molecule has 8 nitrogen and oxygen atoms in total. The number of fused-ring (bicyclic) bond motifs is 1. The van der Waals surface area contributed by atoms with Gasteiger partial charge in [-0.15, -0.1) is 34.2 Å². The number of nitrogens with zero attached hydrogens (tertiary/aromatic N) is 4. The van der Waals surface area contributed by atoms with Crippen LogP contribution in [0.2, 0.25) is 0 Å². The number of halogens is 1. The van der Waals surface area contributed by atoms with Gasteiger partial charge in [-0.05, 0) is 51.0 Å². The zero-order chi connectivity index (χ0) is 22.6. The van der Waals surface area contributed by atoms with E-state index in [0.29, 0.717) is 26.4 Å². The van der Waals surface area contributed by atoms with Gasteiger partial charge in [0.05, 0.1) is 13.2 Å². The summed E-state index contributed by atoms with van der Waals surface area (Å²) in [6.45, 7) is 10.0. The van der Waals surface area contributed by atoms with E-state index in [1.807, 2.05) is 35.7 Å². The second kappa shape index (κ2) is 14.7. The molecule has 0 atom stereocenters. The lowest BCUT2D eigenvalue weighted by atomic mass is 10.1. The Bertz CT molecular complexity index is 1010. The average molecular weight is 566 g/mol. The number of hydrogen-bond donors (Lipinski definition) is 2. The maximum atomic E-state index is 5.94. The lowest BCUT2D eigenvalue weighted by Gasteiger charge is -2.13. The molecule has 0 saturated heterocycles. The fraction of sp³-hybridized carbons (Fsp3) is 0.458. The molecule has 180 valence electrons. The summed E-state index contributed by atoms with van der Waals surface area (Å²) >= 11 is 0. The molecule has 0 amide bonds. The fourth-order valence-electron chi connectivity index (χ4n) is 3.30. The average Bonchev–Trinajstić information content (AvgIpc) is 3.22. The molecule has 0 spiro atoms. The van der Waals surface area contributed by atoms with Crippen LogP contribution in [0.5, 0.6) is 5.75 Å². The van der Waals surface area contributed by atoms with Crippen LogP contribution in [-0.2, 0) is 17.7 Å². The van der Waals surface area contributed by atoms with Gasteiger partial charge in [0, 0.05) is 37.9 Å². The number of rotatable bonds is 12. The highest BCUT2D eigenvalue weighted by Gasteiger charge is 2.07. The normalized spacial score (nSPS) is 11.3. The first kappa shape index (κ1) is 26.8. The molecule has 9 heteroatoms. The molecule has 0 fully saturated rings. The minimum atomic E-state index is 0. The van der Waals surface area contributed by atoms with Crippen molar-refractivity contribution in [1.82, 2.24) is 25.2 Å². The van der Waals surface area contributed by atoms with Gasteiger partial charge in [0.15, 0.2) is 11.6 Å². The summed E-state index contributed by atoms with van der Waals surface area (Å²) in [5, 5.41) is 15.2. The summed E-state index contributed by atoms with van der Waals surface area (Å²) in [6.07, 6.45) is 3.77. The molecule has 2 N–H and O–H groups in total. The first-order chi connectivity index (χ1) is 15.7. The monoisotopic (exact) mass is 566 g/mol. The van der Waals surface area contributed by atoms with Crippen molar-refractivity contribution in [3.63, 3.8) is 0 Å². The number of aromatic nitrogens is 3. The second-order valence-corrected chi connectivity index (χ2v) is 7.43. The third-order valence-corrected chi connectivity index (χ3v) is 4.92. The molecule has 3 aromatic rings. The Morgan fingerprint density at radius 2 is 1.97 bits per heavy atom. The van der Waals surface area contributed by atoms with Gasteiger partial charge in [0.2, 0.25) is 0 Å². The van der Waals surface area contributed by atoms with E-state index in [-0.39, 0.29) is 24.0 Å². The molecule has 3 rings (SSSR count). The quantitative estimate of drug-likeness (QED) is 0.150. The first-order valence-corrected chi connectivity index (χ1v) is 11.3. The fourth-order valence-corrected chi connectivity index (χ4v) is 3.30.